The second-order valence-corrected chi connectivity index (χ2v) is 5.99. The second kappa shape index (κ2) is 6.86. The van der Waals surface area contributed by atoms with Crippen molar-refractivity contribution >= 4 is 10.9 Å². The summed E-state index contributed by atoms with van der Waals surface area (Å²) in [5.74, 6) is -0.185. The standard InChI is InChI=1S/C18H13FN2.C2H7N/c19-15-8-14-5-2-6-21-11-17(16(9-15)18(14)21)13-4-1-3-12(7-13)10-20;1-3-2/h1,3-4,7-9,11H,2,5-6H2;3H,1-2H3. The molecule has 3 aromatic rings. The van der Waals surface area contributed by atoms with Crippen molar-refractivity contribution in [2.24, 2.45) is 0 Å². The number of nitrogens with zero attached hydrogens (tertiary/aromatic N) is 2. The monoisotopic (exact) mass is 321 g/mol. The van der Waals surface area contributed by atoms with E-state index in [0.29, 0.717) is 5.56 Å². The lowest BCUT2D eigenvalue weighted by atomic mass is 9.99. The van der Waals surface area contributed by atoms with Crippen molar-refractivity contribution < 1.29 is 4.39 Å². The Morgan fingerprint density at radius 1 is 1.21 bits per heavy atom. The van der Waals surface area contributed by atoms with Crippen LogP contribution in [0.1, 0.15) is 17.5 Å². The van der Waals surface area contributed by atoms with E-state index in [1.807, 2.05) is 32.3 Å². The van der Waals surface area contributed by atoms with Crippen LogP contribution in [0.5, 0.6) is 0 Å². The molecule has 1 N–H and O–H groups in total. The zero-order valence-electron chi connectivity index (χ0n) is 13.9. The maximum Gasteiger partial charge on any atom is 0.124 e. The summed E-state index contributed by atoms with van der Waals surface area (Å²) in [4.78, 5) is 0. The number of halogens is 1. The van der Waals surface area contributed by atoms with Crippen LogP contribution in [0.3, 0.4) is 0 Å². The summed E-state index contributed by atoms with van der Waals surface area (Å²) in [6, 6.07) is 12.9. The van der Waals surface area contributed by atoms with E-state index in [1.165, 1.54) is 0 Å². The molecular formula is C20H20FN3. The fourth-order valence-electron chi connectivity index (χ4n) is 3.28. The number of hydrogen-bond acceptors (Lipinski definition) is 2. The molecule has 1 aliphatic rings. The van der Waals surface area contributed by atoms with Gasteiger partial charge < -0.3 is 9.88 Å². The summed E-state index contributed by atoms with van der Waals surface area (Å²) in [6.45, 7) is 0.965. The number of aromatic nitrogens is 1. The van der Waals surface area contributed by atoms with Crippen molar-refractivity contribution in [2.45, 2.75) is 19.4 Å². The van der Waals surface area contributed by atoms with Crippen molar-refractivity contribution in [2.75, 3.05) is 14.1 Å². The van der Waals surface area contributed by atoms with Gasteiger partial charge in [0.05, 0.1) is 17.1 Å². The zero-order chi connectivity index (χ0) is 17.1. The van der Waals surface area contributed by atoms with Gasteiger partial charge in [0.2, 0.25) is 0 Å². The Labute approximate surface area is 141 Å². The van der Waals surface area contributed by atoms with Crippen molar-refractivity contribution in [3.8, 4) is 17.2 Å². The highest BCUT2D eigenvalue weighted by molar-refractivity contribution is 5.98. The Morgan fingerprint density at radius 3 is 2.75 bits per heavy atom. The van der Waals surface area contributed by atoms with Crippen LogP contribution in [-0.4, -0.2) is 18.7 Å². The first-order valence-corrected chi connectivity index (χ1v) is 8.08. The van der Waals surface area contributed by atoms with Gasteiger partial charge in [-0.25, -0.2) is 4.39 Å². The average Bonchev–Trinajstić information content (AvgIpc) is 2.96. The molecule has 0 spiro atoms. The molecule has 0 bridgehead atoms. The first kappa shape index (κ1) is 16.2. The summed E-state index contributed by atoms with van der Waals surface area (Å²) in [5, 5.41) is 12.8. The van der Waals surface area contributed by atoms with Gasteiger partial charge in [0.15, 0.2) is 0 Å². The van der Waals surface area contributed by atoms with E-state index in [0.717, 1.165) is 47.0 Å². The maximum absolute atomic E-state index is 13.9. The van der Waals surface area contributed by atoms with Crippen LogP contribution < -0.4 is 5.32 Å². The minimum Gasteiger partial charge on any atom is -0.347 e. The van der Waals surface area contributed by atoms with Gasteiger partial charge in [0.25, 0.3) is 0 Å². The molecule has 0 saturated carbocycles. The molecule has 4 heteroatoms. The van der Waals surface area contributed by atoms with Gasteiger partial charge in [-0.1, -0.05) is 12.1 Å². The van der Waals surface area contributed by atoms with Crippen LogP contribution in [0.2, 0.25) is 0 Å². The SMILES string of the molecule is CNC.N#Cc1cccc(-c2cn3c4c(cc(F)cc24)CCC3)c1. The maximum atomic E-state index is 13.9. The van der Waals surface area contributed by atoms with E-state index in [4.69, 9.17) is 5.26 Å². The Morgan fingerprint density at radius 2 is 2.00 bits per heavy atom. The Hall–Kier alpha value is -2.64. The number of aryl methyl sites for hydroxylation is 2. The molecule has 2 heterocycles. The molecular weight excluding hydrogens is 301 g/mol. The van der Waals surface area contributed by atoms with E-state index in [2.05, 4.69) is 22.1 Å². The third-order valence-electron chi connectivity index (χ3n) is 4.16. The van der Waals surface area contributed by atoms with Gasteiger partial charge in [-0.15, -0.1) is 0 Å². The summed E-state index contributed by atoms with van der Waals surface area (Å²) in [6.07, 6.45) is 4.05. The van der Waals surface area contributed by atoms with Crippen molar-refractivity contribution in [3.05, 3.63) is 59.5 Å². The summed E-state index contributed by atoms with van der Waals surface area (Å²) >= 11 is 0. The molecule has 0 aliphatic carbocycles. The van der Waals surface area contributed by atoms with E-state index >= 15 is 0 Å². The smallest absolute Gasteiger partial charge is 0.124 e. The predicted octanol–water partition coefficient (Wildman–Crippen LogP) is 4.10. The second-order valence-electron chi connectivity index (χ2n) is 5.99. The molecule has 1 aromatic heterocycles. The Balaban J connectivity index is 0.000000526. The van der Waals surface area contributed by atoms with Crippen LogP contribution in [0.25, 0.3) is 22.0 Å². The number of hydrogen-bond donors (Lipinski definition) is 1. The molecule has 3 nitrogen and oxygen atoms in total. The van der Waals surface area contributed by atoms with Gasteiger partial charge in [0.1, 0.15) is 5.82 Å². The predicted molar refractivity (Wildman–Crippen MR) is 95.4 cm³/mol. The number of benzene rings is 2. The third-order valence-corrected chi connectivity index (χ3v) is 4.16. The van der Waals surface area contributed by atoms with E-state index in [-0.39, 0.29) is 5.82 Å². The Kier molecular flexibility index (Phi) is 4.64. The molecule has 122 valence electrons. The van der Waals surface area contributed by atoms with Crippen molar-refractivity contribution in [3.63, 3.8) is 0 Å². The van der Waals surface area contributed by atoms with Gasteiger partial charge in [-0.05, 0) is 62.3 Å². The quantitative estimate of drug-likeness (QED) is 0.733. The molecule has 0 fully saturated rings. The number of nitrogens with one attached hydrogen (secondary N) is 1. The molecule has 2 aromatic carbocycles. The molecule has 0 unspecified atom stereocenters. The van der Waals surface area contributed by atoms with Crippen LogP contribution in [0.4, 0.5) is 4.39 Å². The molecule has 1 aliphatic heterocycles. The fourth-order valence-corrected chi connectivity index (χ4v) is 3.28. The molecule has 0 saturated heterocycles. The van der Waals surface area contributed by atoms with E-state index < -0.39 is 0 Å². The summed E-state index contributed by atoms with van der Waals surface area (Å²) in [5.41, 5.74) is 4.82. The van der Waals surface area contributed by atoms with Crippen molar-refractivity contribution in [1.29, 1.82) is 5.26 Å². The van der Waals surface area contributed by atoms with Crippen LogP contribution in [0.15, 0.2) is 42.6 Å². The van der Waals surface area contributed by atoms with E-state index in [9.17, 15) is 4.39 Å². The van der Waals surface area contributed by atoms with Gasteiger partial charge in [-0.2, -0.15) is 5.26 Å². The van der Waals surface area contributed by atoms with Gasteiger partial charge in [-0.3, -0.25) is 0 Å². The normalized spacial score (nSPS) is 12.4. The number of rotatable bonds is 1. The van der Waals surface area contributed by atoms with Gasteiger partial charge in [0, 0.05) is 23.7 Å². The lowest BCUT2D eigenvalue weighted by molar-refractivity contribution is 0.611. The lowest BCUT2D eigenvalue weighted by Gasteiger charge is -2.15. The highest BCUT2D eigenvalue weighted by atomic mass is 19.1. The minimum atomic E-state index is -0.185. The largest absolute Gasteiger partial charge is 0.347 e. The minimum absolute atomic E-state index is 0.185. The summed E-state index contributed by atoms with van der Waals surface area (Å²) in [7, 11) is 3.75. The van der Waals surface area contributed by atoms with Crippen LogP contribution >= 0.6 is 0 Å². The van der Waals surface area contributed by atoms with Gasteiger partial charge >= 0.3 is 0 Å². The molecule has 0 atom stereocenters. The fraction of sp³-hybridized carbons (Fsp3) is 0.250. The molecule has 24 heavy (non-hydrogen) atoms. The first-order valence-electron chi connectivity index (χ1n) is 8.08. The summed E-state index contributed by atoms with van der Waals surface area (Å²) < 4.78 is 16.1. The van der Waals surface area contributed by atoms with Crippen LogP contribution in [-0.2, 0) is 13.0 Å². The average molecular weight is 321 g/mol. The third kappa shape index (κ3) is 2.91. The van der Waals surface area contributed by atoms with Crippen molar-refractivity contribution in [1.82, 2.24) is 9.88 Å². The lowest BCUT2D eigenvalue weighted by Crippen LogP contribution is -2.06. The Bertz CT molecular complexity index is 919. The first-order chi connectivity index (χ1) is 11.7. The molecule has 0 radical (unpaired) electrons. The molecule has 4 rings (SSSR count). The highest BCUT2D eigenvalue weighted by Crippen LogP contribution is 2.36. The van der Waals surface area contributed by atoms with Crippen LogP contribution in [0, 0.1) is 17.1 Å². The zero-order valence-corrected chi connectivity index (χ0v) is 13.9. The molecule has 0 amide bonds. The topological polar surface area (TPSA) is 40.8 Å². The highest BCUT2D eigenvalue weighted by Gasteiger charge is 2.18. The number of nitriles is 1. The van der Waals surface area contributed by atoms with E-state index in [1.54, 1.807) is 18.2 Å².